The third-order valence-corrected chi connectivity index (χ3v) is 3.61. The van der Waals surface area contributed by atoms with Gasteiger partial charge in [0.1, 0.15) is 5.82 Å². The van der Waals surface area contributed by atoms with Crippen molar-refractivity contribution in [2.24, 2.45) is 11.8 Å². The smallest absolute Gasteiger partial charge is 0.475 e. The third kappa shape index (κ3) is 4.07. The van der Waals surface area contributed by atoms with Crippen molar-refractivity contribution in [1.82, 2.24) is 10.3 Å². The van der Waals surface area contributed by atoms with Crippen LogP contribution in [0.1, 0.15) is 0 Å². The number of nitrogens with one attached hydrogen (secondary N) is 1. The van der Waals surface area contributed by atoms with Gasteiger partial charge in [-0.05, 0) is 24.0 Å². The summed E-state index contributed by atoms with van der Waals surface area (Å²) >= 11 is 0. The van der Waals surface area contributed by atoms with Gasteiger partial charge in [-0.3, -0.25) is 0 Å². The maximum Gasteiger partial charge on any atom is 0.490 e. The first-order valence-electron chi connectivity index (χ1n) is 6.54. The summed E-state index contributed by atoms with van der Waals surface area (Å²) in [5, 5.41) is 10.6. The number of nitrogens with zero attached hydrogens (tertiary/aromatic N) is 2. The molecule has 2 fully saturated rings. The molecule has 2 saturated heterocycles. The standard InChI is InChI=1S/C11H15N3.C2HF3O2/c1-2-4-13-11(3-1)14-7-9-5-12-6-10(9)8-14;3-2(4,5)1(6)7/h1-4,9-10,12H,5-8H2;(H,6,7)/t9-,10+;. The van der Waals surface area contributed by atoms with Gasteiger partial charge in [-0.2, -0.15) is 13.2 Å². The van der Waals surface area contributed by atoms with Gasteiger partial charge in [0.2, 0.25) is 0 Å². The molecule has 0 aromatic carbocycles. The molecule has 21 heavy (non-hydrogen) atoms. The Balaban J connectivity index is 0.000000199. The number of hydrogen-bond acceptors (Lipinski definition) is 4. The molecule has 5 nitrogen and oxygen atoms in total. The van der Waals surface area contributed by atoms with Gasteiger partial charge in [0.15, 0.2) is 0 Å². The maximum atomic E-state index is 10.6. The van der Waals surface area contributed by atoms with Crippen LogP contribution in [0.25, 0.3) is 0 Å². The molecular formula is C13H16F3N3O2. The third-order valence-electron chi connectivity index (χ3n) is 3.61. The van der Waals surface area contributed by atoms with E-state index < -0.39 is 12.1 Å². The molecule has 0 amide bonds. The van der Waals surface area contributed by atoms with E-state index in [9.17, 15) is 13.2 Å². The van der Waals surface area contributed by atoms with Crippen LogP contribution in [0, 0.1) is 11.8 Å². The number of anilines is 1. The summed E-state index contributed by atoms with van der Waals surface area (Å²) in [6.45, 7) is 4.73. The lowest BCUT2D eigenvalue weighted by Gasteiger charge is -2.17. The van der Waals surface area contributed by atoms with Crippen LogP contribution in [0.5, 0.6) is 0 Å². The molecule has 1 aromatic heterocycles. The van der Waals surface area contributed by atoms with Crippen LogP contribution < -0.4 is 10.2 Å². The van der Waals surface area contributed by atoms with Crippen molar-refractivity contribution in [1.29, 1.82) is 0 Å². The lowest BCUT2D eigenvalue weighted by atomic mass is 10.0. The van der Waals surface area contributed by atoms with Crippen molar-refractivity contribution in [2.75, 3.05) is 31.1 Å². The average Bonchev–Trinajstić information content (AvgIpc) is 3.00. The number of alkyl halides is 3. The van der Waals surface area contributed by atoms with E-state index in [4.69, 9.17) is 9.90 Å². The van der Waals surface area contributed by atoms with Gasteiger partial charge < -0.3 is 15.3 Å². The molecule has 0 aliphatic carbocycles. The highest BCUT2D eigenvalue weighted by Gasteiger charge is 2.38. The van der Waals surface area contributed by atoms with E-state index in [0.717, 1.165) is 17.7 Å². The second kappa shape index (κ2) is 6.30. The topological polar surface area (TPSA) is 65.5 Å². The van der Waals surface area contributed by atoms with E-state index in [1.807, 2.05) is 12.3 Å². The molecule has 0 saturated carbocycles. The number of halogens is 3. The maximum absolute atomic E-state index is 10.6. The summed E-state index contributed by atoms with van der Waals surface area (Å²) in [6.07, 6.45) is -3.21. The molecule has 2 atom stereocenters. The van der Waals surface area contributed by atoms with E-state index >= 15 is 0 Å². The molecule has 0 bridgehead atoms. The molecule has 2 N–H and O–H groups in total. The predicted molar refractivity (Wildman–Crippen MR) is 70.0 cm³/mol. The number of rotatable bonds is 1. The Kier molecular flexibility index (Phi) is 4.66. The number of carboxylic acid groups (broad SMARTS) is 1. The van der Waals surface area contributed by atoms with Crippen LogP contribution in [0.4, 0.5) is 19.0 Å². The van der Waals surface area contributed by atoms with Gasteiger partial charge in [-0.1, -0.05) is 6.07 Å². The Morgan fingerprint density at radius 1 is 1.29 bits per heavy atom. The van der Waals surface area contributed by atoms with E-state index in [1.54, 1.807) is 0 Å². The summed E-state index contributed by atoms with van der Waals surface area (Å²) < 4.78 is 31.7. The molecule has 0 spiro atoms. The molecule has 0 unspecified atom stereocenters. The largest absolute Gasteiger partial charge is 0.490 e. The van der Waals surface area contributed by atoms with Crippen molar-refractivity contribution in [3.8, 4) is 0 Å². The zero-order valence-electron chi connectivity index (χ0n) is 11.2. The first-order chi connectivity index (χ1) is 9.88. The quantitative estimate of drug-likeness (QED) is 0.820. The fourth-order valence-electron chi connectivity index (χ4n) is 2.58. The minimum atomic E-state index is -5.08. The normalized spacial score (nSPS) is 24.2. The molecule has 3 rings (SSSR count). The number of aliphatic carboxylic acids is 1. The highest BCUT2D eigenvalue weighted by Crippen LogP contribution is 2.28. The van der Waals surface area contributed by atoms with E-state index in [-0.39, 0.29) is 0 Å². The van der Waals surface area contributed by atoms with Crippen LogP contribution in [0.15, 0.2) is 24.4 Å². The summed E-state index contributed by atoms with van der Waals surface area (Å²) in [4.78, 5) is 15.7. The number of carbonyl (C=O) groups is 1. The van der Waals surface area contributed by atoms with Crippen molar-refractivity contribution >= 4 is 11.8 Å². The van der Waals surface area contributed by atoms with Gasteiger partial charge in [-0.25, -0.2) is 9.78 Å². The lowest BCUT2D eigenvalue weighted by Crippen LogP contribution is -2.25. The Bertz CT molecular complexity index is 469. The van der Waals surface area contributed by atoms with Gasteiger partial charge >= 0.3 is 12.1 Å². The SMILES string of the molecule is O=C(O)C(F)(F)F.c1ccc(N2C[C@H]3CNC[C@H]3C2)nc1. The minimum absolute atomic E-state index is 0.844. The van der Waals surface area contributed by atoms with E-state index in [1.165, 1.54) is 26.2 Å². The molecule has 1 aromatic rings. The fourth-order valence-corrected chi connectivity index (χ4v) is 2.58. The minimum Gasteiger partial charge on any atom is -0.475 e. The summed E-state index contributed by atoms with van der Waals surface area (Å²) in [6, 6.07) is 6.14. The first-order valence-corrected chi connectivity index (χ1v) is 6.54. The molecule has 8 heteroatoms. The Morgan fingerprint density at radius 3 is 2.29 bits per heavy atom. The Labute approximate surface area is 119 Å². The number of hydrogen-bond donors (Lipinski definition) is 2. The summed E-state index contributed by atoms with van der Waals surface area (Å²) in [5.41, 5.74) is 0. The van der Waals surface area contributed by atoms with Crippen LogP contribution in [-0.4, -0.2) is 48.4 Å². The molecule has 116 valence electrons. The highest BCUT2D eigenvalue weighted by atomic mass is 19.4. The zero-order chi connectivity index (χ0) is 15.5. The van der Waals surface area contributed by atoms with Crippen molar-refractivity contribution in [3.63, 3.8) is 0 Å². The molecule has 0 radical (unpaired) electrons. The second-order valence-corrected chi connectivity index (χ2v) is 5.07. The van der Waals surface area contributed by atoms with Gasteiger partial charge in [-0.15, -0.1) is 0 Å². The molecule has 3 heterocycles. The van der Waals surface area contributed by atoms with Gasteiger partial charge in [0, 0.05) is 32.4 Å². The number of fused-ring (bicyclic) bond motifs is 1. The van der Waals surface area contributed by atoms with E-state index in [2.05, 4.69) is 27.3 Å². The number of aromatic nitrogens is 1. The highest BCUT2D eigenvalue weighted by molar-refractivity contribution is 5.73. The summed E-state index contributed by atoms with van der Waals surface area (Å²) in [7, 11) is 0. The van der Waals surface area contributed by atoms with Crippen LogP contribution in [0.3, 0.4) is 0 Å². The monoisotopic (exact) mass is 303 g/mol. The average molecular weight is 303 g/mol. The molecular weight excluding hydrogens is 287 g/mol. The zero-order valence-corrected chi connectivity index (χ0v) is 11.2. The number of carboxylic acids is 1. The fraction of sp³-hybridized carbons (Fsp3) is 0.538. The predicted octanol–water partition coefficient (Wildman–Crippen LogP) is 1.37. The van der Waals surface area contributed by atoms with E-state index in [0.29, 0.717) is 0 Å². The van der Waals surface area contributed by atoms with Crippen molar-refractivity contribution in [2.45, 2.75) is 6.18 Å². The molecule has 2 aliphatic rings. The molecule has 2 aliphatic heterocycles. The number of pyridine rings is 1. The van der Waals surface area contributed by atoms with Crippen molar-refractivity contribution < 1.29 is 23.1 Å². The summed E-state index contributed by atoms with van der Waals surface area (Å²) in [5.74, 6) is 0.0726. The first kappa shape index (κ1) is 15.6. The Morgan fingerprint density at radius 2 is 1.86 bits per heavy atom. The van der Waals surface area contributed by atoms with Crippen LogP contribution in [-0.2, 0) is 4.79 Å². The Hall–Kier alpha value is -1.83. The lowest BCUT2D eigenvalue weighted by molar-refractivity contribution is -0.192. The van der Waals surface area contributed by atoms with Crippen LogP contribution in [0.2, 0.25) is 0 Å². The van der Waals surface area contributed by atoms with Gasteiger partial charge in [0.25, 0.3) is 0 Å². The van der Waals surface area contributed by atoms with Gasteiger partial charge in [0.05, 0.1) is 0 Å². The second-order valence-electron chi connectivity index (χ2n) is 5.07. The van der Waals surface area contributed by atoms with Crippen molar-refractivity contribution in [3.05, 3.63) is 24.4 Å². The van der Waals surface area contributed by atoms with Crippen LogP contribution >= 0.6 is 0 Å².